The minimum absolute atomic E-state index is 0.211. The highest BCUT2D eigenvalue weighted by molar-refractivity contribution is 8.27. The van der Waals surface area contributed by atoms with Crippen molar-refractivity contribution in [2.24, 2.45) is 0 Å². The van der Waals surface area contributed by atoms with Gasteiger partial charge in [-0.15, -0.1) is 0 Å². The molecule has 0 radical (unpaired) electrons. The Bertz CT molecular complexity index is 1080. The number of carbonyl (C=O) groups excluding carboxylic acids is 1. The zero-order valence-corrected chi connectivity index (χ0v) is 16.7. The normalized spacial score (nSPS) is 15.8. The second kappa shape index (κ2) is 7.48. The number of furan rings is 1. The van der Waals surface area contributed by atoms with E-state index in [9.17, 15) is 4.79 Å². The Labute approximate surface area is 174 Å². The van der Waals surface area contributed by atoms with Crippen LogP contribution in [0.3, 0.4) is 0 Å². The summed E-state index contributed by atoms with van der Waals surface area (Å²) in [5.41, 5.74) is 1.32. The summed E-state index contributed by atoms with van der Waals surface area (Å²) in [5, 5.41) is 0.868. The van der Waals surface area contributed by atoms with Crippen LogP contribution in [0.4, 0.5) is 5.69 Å². The molecule has 0 unspecified atom stereocenters. The summed E-state index contributed by atoms with van der Waals surface area (Å²) in [7, 11) is 0. The molecule has 1 aliphatic heterocycles. The molecular weight excluding hydrogens is 423 g/mol. The molecule has 1 fully saturated rings. The molecule has 3 aromatic rings. The fraction of sp³-hybridized carbons (Fsp3) is 0. The molecule has 4 rings (SSSR count). The predicted octanol–water partition coefficient (Wildman–Crippen LogP) is 6.05. The molecule has 2 aromatic heterocycles. The molecule has 0 N–H and O–H groups in total. The molecule has 134 valence electrons. The van der Waals surface area contributed by atoms with Crippen LogP contribution in [0.2, 0.25) is 10.0 Å². The SMILES string of the molecule is O=C1/C(=C/c2ccc(-c3cccc(Cl)c3Cl)o2)SC(=S)N1c1cccnc1. The third-order valence-electron chi connectivity index (χ3n) is 3.82. The minimum Gasteiger partial charge on any atom is -0.457 e. The minimum atomic E-state index is -0.211. The molecule has 0 spiro atoms. The number of anilines is 1. The van der Waals surface area contributed by atoms with Crippen LogP contribution in [0.1, 0.15) is 5.76 Å². The molecule has 3 heterocycles. The molecule has 27 heavy (non-hydrogen) atoms. The van der Waals surface area contributed by atoms with Gasteiger partial charge in [-0.3, -0.25) is 14.7 Å². The number of hydrogen-bond acceptors (Lipinski definition) is 5. The standard InChI is InChI=1S/C19H10Cl2N2O2S2/c20-14-5-1-4-13(17(14)21)15-7-6-12(25-15)9-16-18(24)23(19(26)27-16)11-3-2-8-22-10-11/h1-10H/b16-9-. The fourth-order valence-corrected chi connectivity index (χ4v) is 4.25. The van der Waals surface area contributed by atoms with E-state index in [2.05, 4.69) is 4.98 Å². The lowest BCUT2D eigenvalue weighted by atomic mass is 10.2. The molecule has 0 saturated carbocycles. The van der Waals surface area contributed by atoms with Crippen LogP contribution in [0, 0.1) is 0 Å². The number of thiocarbonyl (C=S) groups is 1. The third kappa shape index (κ3) is 3.53. The first-order valence-electron chi connectivity index (χ1n) is 7.77. The largest absolute Gasteiger partial charge is 0.457 e. The van der Waals surface area contributed by atoms with Crippen molar-refractivity contribution in [3.05, 3.63) is 75.6 Å². The van der Waals surface area contributed by atoms with Crippen LogP contribution >= 0.6 is 47.2 Å². The van der Waals surface area contributed by atoms with E-state index >= 15 is 0 Å². The molecule has 1 aliphatic rings. The number of halogens is 2. The van der Waals surface area contributed by atoms with Gasteiger partial charge < -0.3 is 4.42 Å². The van der Waals surface area contributed by atoms with E-state index in [4.69, 9.17) is 39.8 Å². The van der Waals surface area contributed by atoms with Crippen LogP contribution in [0.25, 0.3) is 17.4 Å². The maximum Gasteiger partial charge on any atom is 0.270 e. The lowest BCUT2D eigenvalue weighted by Crippen LogP contribution is -2.27. The van der Waals surface area contributed by atoms with Crippen molar-refractivity contribution in [1.82, 2.24) is 4.98 Å². The second-order valence-corrected chi connectivity index (χ2v) is 7.99. The van der Waals surface area contributed by atoms with E-state index in [-0.39, 0.29) is 5.91 Å². The van der Waals surface area contributed by atoms with Gasteiger partial charge in [0, 0.05) is 17.8 Å². The number of pyridine rings is 1. The zero-order chi connectivity index (χ0) is 19.0. The summed E-state index contributed by atoms with van der Waals surface area (Å²) in [6.45, 7) is 0. The Balaban J connectivity index is 1.64. The van der Waals surface area contributed by atoms with Crippen molar-refractivity contribution in [3.63, 3.8) is 0 Å². The zero-order valence-electron chi connectivity index (χ0n) is 13.6. The Morgan fingerprint density at radius 1 is 1.15 bits per heavy atom. The lowest BCUT2D eigenvalue weighted by molar-refractivity contribution is -0.113. The lowest BCUT2D eigenvalue weighted by Gasteiger charge is -2.13. The van der Waals surface area contributed by atoms with Gasteiger partial charge in [-0.05, 0) is 36.4 Å². The third-order valence-corrected chi connectivity index (χ3v) is 5.94. The highest BCUT2D eigenvalue weighted by Gasteiger charge is 2.33. The smallest absolute Gasteiger partial charge is 0.270 e. The molecule has 0 aliphatic carbocycles. The predicted molar refractivity (Wildman–Crippen MR) is 114 cm³/mol. The van der Waals surface area contributed by atoms with Crippen molar-refractivity contribution < 1.29 is 9.21 Å². The Morgan fingerprint density at radius 2 is 2.00 bits per heavy atom. The molecule has 4 nitrogen and oxygen atoms in total. The Kier molecular flexibility index (Phi) is 5.06. The Hall–Kier alpha value is -2.12. The van der Waals surface area contributed by atoms with Crippen LogP contribution < -0.4 is 4.90 Å². The average molecular weight is 433 g/mol. The first-order valence-corrected chi connectivity index (χ1v) is 9.75. The van der Waals surface area contributed by atoms with E-state index in [0.29, 0.717) is 42.0 Å². The summed E-state index contributed by atoms with van der Waals surface area (Å²) in [5.74, 6) is 0.876. The van der Waals surface area contributed by atoms with E-state index in [1.807, 2.05) is 6.07 Å². The van der Waals surface area contributed by atoms with Gasteiger partial charge in [0.2, 0.25) is 0 Å². The average Bonchev–Trinajstić information content (AvgIpc) is 3.23. The number of amides is 1. The number of hydrogen-bond donors (Lipinski definition) is 0. The van der Waals surface area contributed by atoms with Crippen molar-refractivity contribution in [2.75, 3.05) is 4.90 Å². The summed E-state index contributed by atoms with van der Waals surface area (Å²) in [4.78, 5) is 18.7. The number of benzene rings is 1. The van der Waals surface area contributed by atoms with Gasteiger partial charge in [0.25, 0.3) is 5.91 Å². The summed E-state index contributed by atoms with van der Waals surface area (Å²) >= 11 is 18.9. The molecule has 0 atom stereocenters. The molecule has 1 aromatic carbocycles. The van der Waals surface area contributed by atoms with Gasteiger partial charge in [0.05, 0.1) is 26.8 Å². The molecule has 0 bridgehead atoms. The second-order valence-electron chi connectivity index (χ2n) is 5.53. The molecule has 1 saturated heterocycles. The maximum atomic E-state index is 12.7. The highest BCUT2D eigenvalue weighted by atomic mass is 35.5. The quantitative estimate of drug-likeness (QED) is 0.372. The van der Waals surface area contributed by atoms with Gasteiger partial charge in [-0.25, -0.2) is 0 Å². The molecular formula is C19H10Cl2N2O2S2. The summed E-state index contributed by atoms with van der Waals surface area (Å²) < 4.78 is 6.28. The van der Waals surface area contributed by atoms with Crippen molar-refractivity contribution in [3.8, 4) is 11.3 Å². The van der Waals surface area contributed by atoms with Crippen molar-refractivity contribution in [2.45, 2.75) is 0 Å². The van der Waals surface area contributed by atoms with Crippen LogP contribution in [0.5, 0.6) is 0 Å². The number of nitrogens with zero attached hydrogens (tertiary/aromatic N) is 2. The number of thioether (sulfide) groups is 1. The van der Waals surface area contributed by atoms with Crippen LogP contribution in [0.15, 0.2) is 64.2 Å². The van der Waals surface area contributed by atoms with Gasteiger partial charge in [0.1, 0.15) is 11.5 Å². The first-order chi connectivity index (χ1) is 13.0. The van der Waals surface area contributed by atoms with Gasteiger partial charge in [-0.1, -0.05) is 53.2 Å². The topological polar surface area (TPSA) is 46.3 Å². The molecule has 1 amide bonds. The number of aromatic nitrogens is 1. The van der Waals surface area contributed by atoms with Gasteiger partial charge >= 0.3 is 0 Å². The maximum absolute atomic E-state index is 12.7. The van der Waals surface area contributed by atoms with Gasteiger partial charge in [-0.2, -0.15) is 0 Å². The number of rotatable bonds is 3. The van der Waals surface area contributed by atoms with Crippen molar-refractivity contribution in [1.29, 1.82) is 0 Å². The number of carbonyl (C=O) groups is 1. The summed E-state index contributed by atoms with van der Waals surface area (Å²) in [6.07, 6.45) is 4.90. The van der Waals surface area contributed by atoms with E-state index in [1.165, 1.54) is 16.7 Å². The van der Waals surface area contributed by atoms with Crippen LogP contribution in [-0.2, 0) is 4.79 Å². The first kappa shape index (κ1) is 18.3. The monoisotopic (exact) mass is 432 g/mol. The van der Waals surface area contributed by atoms with Gasteiger partial charge in [0.15, 0.2) is 4.32 Å². The van der Waals surface area contributed by atoms with Crippen molar-refractivity contribution >= 4 is 69.2 Å². The fourth-order valence-electron chi connectivity index (χ4n) is 2.57. The van der Waals surface area contributed by atoms with E-state index < -0.39 is 0 Å². The van der Waals surface area contributed by atoms with E-state index in [0.717, 1.165) is 0 Å². The van der Waals surface area contributed by atoms with E-state index in [1.54, 1.807) is 54.9 Å². The van der Waals surface area contributed by atoms with Crippen LogP contribution in [-0.4, -0.2) is 15.2 Å². The highest BCUT2D eigenvalue weighted by Crippen LogP contribution is 2.38. The summed E-state index contributed by atoms with van der Waals surface area (Å²) in [6, 6.07) is 12.4. The Morgan fingerprint density at radius 3 is 2.78 bits per heavy atom. The molecule has 8 heteroatoms.